The number of anilines is 1. The number of aromatic nitrogens is 1. The summed E-state index contributed by atoms with van der Waals surface area (Å²) in [5.74, 6) is -0.143. The van der Waals surface area contributed by atoms with E-state index in [1.807, 2.05) is 62.4 Å². The van der Waals surface area contributed by atoms with Crippen LogP contribution in [0.1, 0.15) is 16.7 Å². The maximum atomic E-state index is 12.2. The smallest absolute Gasteiger partial charge is 0.248 e. The van der Waals surface area contributed by atoms with Crippen LogP contribution >= 0.6 is 0 Å². The number of hydrogen-bond acceptors (Lipinski definition) is 2. The van der Waals surface area contributed by atoms with E-state index in [2.05, 4.69) is 10.3 Å². The van der Waals surface area contributed by atoms with Crippen LogP contribution in [-0.2, 0) is 4.79 Å². The number of carbonyl (C=O) groups excluding carboxylic acids is 1. The Morgan fingerprint density at radius 1 is 1.00 bits per heavy atom. The molecule has 0 saturated heterocycles. The van der Waals surface area contributed by atoms with Crippen LogP contribution in [0.2, 0.25) is 0 Å². The summed E-state index contributed by atoms with van der Waals surface area (Å²) in [7, 11) is 0. The second kappa shape index (κ2) is 6.44. The third-order valence-corrected chi connectivity index (χ3v) is 3.81. The molecule has 1 aromatic heterocycles. The Bertz CT molecular complexity index is 872. The zero-order valence-electron chi connectivity index (χ0n) is 13.2. The van der Waals surface area contributed by atoms with Crippen molar-refractivity contribution in [1.82, 2.24) is 4.98 Å². The van der Waals surface area contributed by atoms with Crippen molar-refractivity contribution in [1.29, 1.82) is 0 Å². The number of nitrogens with one attached hydrogen (secondary N) is 1. The molecule has 0 radical (unpaired) electrons. The van der Waals surface area contributed by atoms with Crippen LogP contribution in [-0.4, -0.2) is 10.9 Å². The number of hydrogen-bond donors (Lipinski definition) is 1. The first kappa shape index (κ1) is 15.0. The molecule has 3 rings (SSSR count). The minimum absolute atomic E-state index is 0.143. The number of aryl methyl sites for hydroxylation is 2. The fourth-order valence-corrected chi connectivity index (χ4v) is 2.60. The number of amides is 1. The molecule has 1 N–H and O–H groups in total. The molecule has 1 heterocycles. The highest BCUT2D eigenvalue weighted by atomic mass is 16.1. The lowest BCUT2D eigenvalue weighted by Crippen LogP contribution is -2.10. The van der Waals surface area contributed by atoms with E-state index in [0.29, 0.717) is 0 Å². The summed E-state index contributed by atoms with van der Waals surface area (Å²) < 4.78 is 0. The van der Waals surface area contributed by atoms with E-state index in [1.54, 1.807) is 18.3 Å². The molecule has 0 aliphatic heterocycles. The van der Waals surface area contributed by atoms with Gasteiger partial charge in [0.05, 0.1) is 5.52 Å². The van der Waals surface area contributed by atoms with E-state index < -0.39 is 0 Å². The first-order valence-electron chi connectivity index (χ1n) is 7.54. The first-order valence-corrected chi connectivity index (χ1v) is 7.54. The summed E-state index contributed by atoms with van der Waals surface area (Å²) in [6.45, 7) is 3.97. The molecule has 3 nitrogen and oxygen atoms in total. The van der Waals surface area contributed by atoms with Gasteiger partial charge in [-0.25, -0.2) is 0 Å². The highest BCUT2D eigenvalue weighted by Crippen LogP contribution is 2.20. The Morgan fingerprint density at radius 2 is 1.70 bits per heavy atom. The van der Waals surface area contributed by atoms with E-state index in [-0.39, 0.29) is 5.91 Å². The molecule has 0 fully saturated rings. The Labute approximate surface area is 135 Å². The lowest BCUT2D eigenvalue weighted by molar-refractivity contribution is -0.111. The Morgan fingerprint density at radius 3 is 2.48 bits per heavy atom. The van der Waals surface area contributed by atoms with E-state index in [9.17, 15) is 4.79 Å². The van der Waals surface area contributed by atoms with Crippen molar-refractivity contribution >= 4 is 28.6 Å². The molecule has 2 aromatic carbocycles. The predicted octanol–water partition coefficient (Wildman–Crippen LogP) is 4.50. The molecule has 23 heavy (non-hydrogen) atoms. The molecular formula is C20H18N2O. The van der Waals surface area contributed by atoms with Crippen molar-refractivity contribution in [2.75, 3.05) is 5.32 Å². The van der Waals surface area contributed by atoms with Gasteiger partial charge in [-0.2, -0.15) is 0 Å². The van der Waals surface area contributed by atoms with Crippen LogP contribution in [0.5, 0.6) is 0 Å². The molecule has 0 spiro atoms. The molecule has 3 aromatic rings. The summed E-state index contributed by atoms with van der Waals surface area (Å²) in [5, 5.41) is 4.01. The van der Waals surface area contributed by atoms with Crippen LogP contribution in [0.25, 0.3) is 17.0 Å². The zero-order valence-corrected chi connectivity index (χ0v) is 13.2. The molecule has 1 amide bonds. The summed E-state index contributed by atoms with van der Waals surface area (Å²) >= 11 is 0. The van der Waals surface area contributed by atoms with E-state index in [1.165, 1.54) is 0 Å². The van der Waals surface area contributed by atoms with Crippen molar-refractivity contribution in [3.8, 4) is 0 Å². The molecular weight excluding hydrogens is 284 g/mol. The van der Waals surface area contributed by atoms with E-state index >= 15 is 0 Å². The van der Waals surface area contributed by atoms with E-state index in [4.69, 9.17) is 0 Å². The van der Waals surface area contributed by atoms with Gasteiger partial charge in [-0.1, -0.05) is 42.5 Å². The lowest BCUT2D eigenvalue weighted by Gasteiger charge is -2.09. The highest BCUT2D eigenvalue weighted by molar-refractivity contribution is 6.03. The number of para-hydroxylation sites is 2. The third-order valence-electron chi connectivity index (χ3n) is 3.81. The monoisotopic (exact) mass is 302 g/mol. The minimum atomic E-state index is -0.143. The summed E-state index contributed by atoms with van der Waals surface area (Å²) in [5.41, 5.74) is 4.81. The first-order chi connectivity index (χ1) is 11.1. The molecule has 3 heteroatoms. The Kier molecular flexibility index (Phi) is 4.20. The fraction of sp³-hybridized carbons (Fsp3) is 0.100. The summed E-state index contributed by atoms with van der Waals surface area (Å²) in [6.07, 6.45) is 5.12. The summed E-state index contributed by atoms with van der Waals surface area (Å²) in [4.78, 5) is 16.6. The van der Waals surface area contributed by atoms with Gasteiger partial charge in [0.25, 0.3) is 0 Å². The average molecular weight is 302 g/mol. The molecule has 0 unspecified atom stereocenters. The van der Waals surface area contributed by atoms with Crippen molar-refractivity contribution in [3.05, 3.63) is 77.5 Å². The maximum absolute atomic E-state index is 12.2. The number of nitrogens with zero attached hydrogens (tertiary/aromatic N) is 1. The maximum Gasteiger partial charge on any atom is 0.248 e. The highest BCUT2D eigenvalue weighted by Gasteiger charge is 2.05. The fourth-order valence-electron chi connectivity index (χ4n) is 2.60. The molecule has 0 atom stereocenters. The van der Waals surface area contributed by atoms with Crippen LogP contribution in [0.15, 0.2) is 60.8 Å². The number of fused-ring (bicyclic) bond motifs is 1. The number of pyridine rings is 1. The van der Waals surface area contributed by atoms with E-state index in [0.717, 1.165) is 33.3 Å². The predicted molar refractivity (Wildman–Crippen MR) is 95.3 cm³/mol. The van der Waals surface area contributed by atoms with Gasteiger partial charge in [-0.15, -0.1) is 0 Å². The lowest BCUT2D eigenvalue weighted by atomic mass is 10.1. The van der Waals surface area contributed by atoms with Crippen molar-refractivity contribution in [3.63, 3.8) is 0 Å². The van der Waals surface area contributed by atoms with Gasteiger partial charge in [0.2, 0.25) is 5.91 Å². The number of benzene rings is 2. The second-order valence-electron chi connectivity index (χ2n) is 5.51. The average Bonchev–Trinajstić information content (AvgIpc) is 2.56. The van der Waals surface area contributed by atoms with Crippen molar-refractivity contribution < 1.29 is 4.79 Å². The van der Waals surface area contributed by atoms with Crippen LogP contribution in [0.3, 0.4) is 0 Å². The molecule has 0 aliphatic rings. The summed E-state index contributed by atoms with van der Waals surface area (Å²) in [6, 6.07) is 15.8. The standard InChI is InChI=1S/C20H18N2O/c1-14-6-3-7-15(2)19(14)22-18(23)12-11-17-9-4-8-16-10-5-13-21-20(16)17/h3-13H,1-2H3,(H,22,23). The van der Waals surface area contributed by atoms with Crippen molar-refractivity contribution in [2.24, 2.45) is 0 Å². The zero-order chi connectivity index (χ0) is 16.2. The second-order valence-corrected chi connectivity index (χ2v) is 5.51. The van der Waals surface area contributed by atoms with Gasteiger partial charge in [0.1, 0.15) is 0 Å². The van der Waals surface area contributed by atoms with Crippen LogP contribution in [0.4, 0.5) is 5.69 Å². The van der Waals surface area contributed by atoms with Gasteiger partial charge in [0.15, 0.2) is 0 Å². The quantitative estimate of drug-likeness (QED) is 0.724. The molecule has 114 valence electrons. The minimum Gasteiger partial charge on any atom is -0.322 e. The molecule has 0 bridgehead atoms. The number of rotatable bonds is 3. The van der Waals surface area contributed by atoms with Gasteiger partial charge in [0, 0.05) is 28.9 Å². The normalized spacial score (nSPS) is 11.0. The van der Waals surface area contributed by atoms with Gasteiger partial charge >= 0.3 is 0 Å². The third kappa shape index (κ3) is 3.29. The molecule has 0 saturated carbocycles. The number of carbonyl (C=O) groups is 1. The largest absolute Gasteiger partial charge is 0.322 e. The van der Waals surface area contributed by atoms with Crippen LogP contribution in [0, 0.1) is 13.8 Å². The van der Waals surface area contributed by atoms with Gasteiger partial charge < -0.3 is 5.32 Å². The Hall–Kier alpha value is -2.94. The molecule has 0 aliphatic carbocycles. The Balaban J connectivity index is 1.83. The van der Waals surface area contributed by atoms with Gasteiger partial charge in [-0.05, 0) is 37.1 Å². The van der Waals surface area contributed by atoms with Crippen LogP contribution < -0.4 is 5.32 Å². The van der Waals surface area contributed by atoms with Crippen molar-refractivity contribution in [2.45, 2.75) is 13.8 Å². The topological polar surface area (TPSA) is 42.0 Å². The van der Waals surface area contributed by atoms with Gasteiger partial charge in [-0.3, -0.25) is 9.78 Å². The SMILES string of the molecule is Cc1cccc(C)c1NC(=O)C=Cc1cccc2cccnc12.